The van der Waals surface area contributed by atoms with Gasteiger partial charge in [-0.25, -0.2) is 0 Å². The molecule has 0 aliphatic carbocycles. The molecule has 0 spiro atoms. The zero-order chi connectivity index (χ0) is 11.5. The number of halogens is 1. The molecule has 1 rings (SSSR count). The maximum atomic E-state index is 5.76. The van der Waals surface area contributed by atoms with Crippen molar-refractivity contribution < 1.29 is 0 Å². The highest BCUT2D eigenvalue weighted by molar-refractivity contribution is 9.10. The van der Waals surface area contributed by atoms with Crippen LogP contribution < -0.4 is 11.1 Å². The fourth-order valence-electron chi connectivity index (χ4n) is 1.49. The molecule has 86 valence electrons. The van der Waals surface area contributed by atoms with Gasteiger partial charge in [0.1, 0.15) is 0 Å². The molecule has 3 N–H and O–H groups in total. The van der Waals surface area contributed by atoms with Crippen LogP contribution >= 0.6 is 27.3 Å². The quantitative estimate of drug-likeness (QED) is 0.874. The first-order valence-electron chi connectivity index (χ1n) is 5.10. The summed E-state index contributed by atoms with van der Waals surface area (Å²) in [7, 11) is 2.00. The average molecular weight is 291 g/mol. The molecule has 0 bridgehead atoms. The van der Waals surface area contributed by atoms with Gasteiger partial charge in [-0.15, -0.1) is 11.3 Å². The van der Waals surface area contributed by atoms with E-state index in [1.54, 1.807) is 11.3 Å². The lowest BCUT2D eigenvalue weighted by Gasteiger charge is -2.27. The summed E-state index contributed by atoms with van der Waals surface area (Å²) >= 11 is 5.27. The first kappa shape index (κ1) is 13.2. The van der Waals surface area contributed by atoms with E-state index in [-0.39, 0.29) is 5.41 Å². The van der Waals surface area contributed by atoms with Crippen LogP contribution in [0.15, 0.2) is 15.9 Å². The Labute approximate surface area is 104 Å². The van der Waals surface area contributed by atoms with Gasteiger partial charge in [0.25, 0.3) is 0 Å². The summed E-state index contributed by atoms with van der Waals surface area (Å²) in [5.41, 5.74) is 5.94. The van der Waals surface area contributed by atoms with E-state index in [1.807, 2.05) is 7.05 Å². The number of nitrogens with one attached hydrogen (secondary N) is 1. The zero-order valence-electron chi connectivity index (χ0n) is 9.51. The van der Waals surface area contributed by atoms with E-state index in [0.717, 1.165) is 17.4 Å². The van der Waals surface area contributed by atoms with Crippen molar-refractivity contribution in [2.24, 2.45) is 11.1 Å². The Morgan fingerprint density at radius 3 is 2.67 bits per heavy atom. The fourth-order valence-corrected chi connectivity index (χ4v) is 3.05. The molecular formula is C11H19BrN2S. The highest BCUT2D eigenvalue weighted by Crippen LogP contribution is 2.33. The number of hydrogen-bond donors (Lipinski definition) is 2. The van der Waals surface area contributed by atoms with Crippen LogP contribution in [0.2, 0.25) is 0 Å². The van der Waals surface area contributed by atoms with Gasteiger partial charge in [-0.1, -0.05) is 13.8 Å². The minimum absolute atomic E-state index is 0.185. The normalized spacial score (nSPS) is 14.2. The standard InChI is InChI=1S/C11H19BrN2S/c1-11(2,7-13)5-9(14-3)10-4-8(12)6-15-10/h4,6,9,14H,5,7,13H2,1-3H3. The Kier molecular flexibility index (Phi) is 4.77. The third kappa shape index (κ3) is 3.87. The lowest BCUT2D eigenvalue weighted by Crippen LogP contribution is -2.29. The topological polar surface area (TPSA) is 38.0 Å². The molecule has 15 heavy (non-hydrogen) atoms. The molecule has 1 heterocycles. The molecule has 0 aliphatic heterocycles. The minimum atomic E-state index is 0.185. The molecule has 1 unspecified atom stereocenters. The Hall–Kier alpha value is 0.1000. The molecule has 1 aromatic heterocycles. The second-order valence-corrected chi connectivity index (χ2v) is 6.44. The molecule has 0 radical (unpaired) electrons. The first-order valence-corrected chi connectivity index (χ1v) is 6.77. The molecule has 0 aromatic carbocycles. The summed E-state index contributed by atoms with van der Waals surface area (Å²) in [6.07, 6.45) is 1.06. The molecule has 1 aromatic rings. The molecule has 0 aliphatic rings. The van der Waals surface area contributed by atoms with Crippen LogP contribution in [0, 0.1) is 5.41 Å². The molecular weight excluding hydrogens is 272 g/mol. The van der Waals surface area contributed by atoms with Gasteiger partial charge in [0.05, 0.1) is 0 Å². The molecule has 2 nitrogen and oxygen atoms in total. The van der Waals surface area contributed by atoms with Crippen LogP contribution in [0.5, 0.6) is 0 Å². The van der Waals surface area contributed by atoms with Crippen molar-refractivity contribution in [2.75, 3.05) is 13.6 Å². The maximum Gasteiger partial charge on any atom is 0.0418 e. The van der Waals surface area contributed by atoms with Crippen LogP contribution in [-0.4, -0.2) is 13.6 Å². The third-order valence-electron chi connectivity index (χ3n) is 2.59. The summed E-state index contributed by atoms with van der Waals surface area (Å²) in [5.74, 6) is 0. The Morgan fingerprint density at radius 2 is 2.27 bits per heavy atom. The van der Waals surface area contributed by atoms with E-state index in [4.69, 9.17) is 5.73 Å². The van der Waals surface area contributed by atoms with Crippen LogP contribution in [0.4, 0.5) is 0 Å². The van der Waals surface area contributed by atoms with E-state index in [2.05, 4.69) is 46.5 Å². The molecule has 4 heteroatoms. The maximum absolute atomic E-state index is 5.76. The Bertz CT molecular complexity index is 309. The zero-order valence-corrected chi connectivity index (χ0v) is 11.9. The largest absolute Gasteiger partial charge is 0.330 e. The summed E-state index contributed by atoms with van der Waals surface area (Å²) in [6.45, 7) is 5.14. The second-order valence-electron chi connectivity index (χ2n) is 4.58. The van der Waals surface area contributed by atoms with E-state index in [1.165, 1.54) is 4.88 Å². The van der Waals surface area contributed by atoms with Gasteiger partial charge in [-0.2, -0.15) is 0 Å². The summed E-state index contributed by atoms with van der Waals surface area (Å²) in [5, 5.41) is 5.48. The van der Waals surface area contributed by atoms with Crippen molar-refractivity contribution in [2.45, 2.75) is 26.3 Å². The Balaban J connectivity index is 2.72. The summed E-state index contributed by atoms with van der Waals surface area (Å²) in [6, 6.07) is 2.58. The molecule has 0 saturated heterocycles. The summed E-state index contributed by atoms with van der Waals surface area (Å²) in [4.78, 5) is 1.37. The molecule has 0 amide bonds. The number of nitrogens with two attached hydrogens (primary N) is 1. The van der Waals surface area contributed by atoms with Crippen molar-refractivity contribution in [1.29, 1.82) is 0 Å². The highest BCUT2D eigenvalue weighted by Gasteiger charge is 2.22. The smallest absolute Gasteiger partial charge is 0.0418 e. The number of hydrogen-bond acceptors (Lipinski definition) is 3. The van der Waals surface area contributed by atoms with Crippen molar-refractivity contribution in [3.05, 3.63) is 20.8 Å². The fraction of sp³-hybridized carbons (Fsp3) is 0.636. The van der Waals surface area contributed by atoms with Crippen LogP contribution in [0.3, 0.4) is 0 Å². The van der Waals surface area contributed by atoms with E-state index < -0.39 is 0 Å². The van der Waals surface area contributed by atoms with Crippen LogP contribution in [0.25, 0.3) is 0 Å². The first-order chi connectivity index (χ1) is 6.98. The Morgan fingerprint density at radius 1 is 1.60 bits per heavy atom. The molecule has 0 saturated carbocycles. The van der Waals surface area contributed by atoms with Crippen LogP contribution in [-0.2, 0) is 0 Å². The second kappa shape index (κ2) is 5.43. The van der Waals surface area contributed by atoms with Gasteiger partial charge in [0.15, 0.2) is 0 Å². The average Bonchev–Trinajstić information content (AvgIpc) is 2.61. The highest BCUT2D eigenvalue weighted by atomic mass is 79.9. The van der Waals surface area contributed by atoms with Gasteiger partial charge in [0, 0.05) is 20.8 Å². The monoisotopic (exact) mass is 290 g/mol. The number of thiophene rings is 1. The predicted octanol–water partition coefficient (Wildman–Crippen LogP) is 3.15. The molecule has 1 atom stereocenters. The van der Waals surface area contributed by atoms with Crippen molar-refractivity contribution in [3.8, 4) is 0 Å². The number of rotatable bonds is 5. The van der Waals surface area contributed by atoms with Crippen molar-refractivity contribution >= 4 is 27.3 Å². The lowest BCUT2D eigenvalue weighted by molar-refractivity contribution is 0.301. The van der Waals surface area contributed by atoms with Gasteiger partial charge < -0.3 is 11.1 Å². The minimum Gasteiger partial charge on any atom is -0.330 e. The van der Waals surface area contributed by atoms with E-state index in [0.29, 0.717) is 6.04 Å². The van der Waals surface area contributed by atoms with Gasteiger partial charge in [-0.3, -0.25) is 0 Å². The summed E-state index contributed by atoms with van der Waals surface area (Å²) < 4.78 is 1.16. The van der Waals surface area contributed by atoms with Crippen molar-refractivity contribution in [1.82, 2.24) is 5.32 Å². The lowest BCUT2D eigenvalue weighted by atomic mass is 9.85. The van der Waals surface area contributed by atoms with E-state index >= 15 is 0 Å². The van der Waals surface area contributed by atoms with Crippen molar-refractivity contribution in [3.63, 3.8) is 0 Å². The SMILES string of the molecule is CNC(CC(C)(C)CN)c1cc(Br)cs1. The molecule has 0 fully saturated rings. The van der Waals surface area contributed by atoms with E-state index in [9.17, 15) is 0 Å². The van der Waals surface area contributed by atoms with Gasteiger partial charge >= 0.3 is 0 Å². The third-order valence-corrected chi connectivity index (χ3v) is 4.40. The van der Waals surface area contributed by atoms with Gasteiger partial charge in [0.2, 0.25) is 0 Å². The van der Waals surface area contributed by atoms with Crippen LogP contribution in [0.1, 0.15) is 31.2 Å². The van der Waals surface area contributed by atoms with Gasteiger partial charge in [-0.05, 0) is 47.4 Å². The predicted molar refractivity (Wildman–Crippen MR) is 71.3 cm³/mol.